The van der Waals surface area contributed by atoms with E-state index in [4.69, 9.17) is 4.74 Å². The molecule has 0 saturated heterocycles. The molecule has 82 valence electrons. The molecule has 4 nitrogen and oxygen atoms in total. The van der Waals surface area contributed by atoms with Crippen LogP contribution in [-0.2, 0) is 4.74 Å². The molecule has 1 N–H and O–H groups in total. The maximum absolute atomic E-state index is 11.3. The Morgan fingerprint density at radius 1 is 1.44 bits per heavy atom. The quantitative estimate of drug-likeness (QED) is 0.839. The van der Waals surface area contributed by atoms with Crippen LogP contribution >= 0.6 is 0 Å². The van der Waals surface area contributed by atoms with Crippen LogP contribution in [0.15, 0.2) is 36.7 Å². The molecule has 1 amide bonds. The molecule has 0 atom stereocenters. The third-order valence-corrected chi connectivity index (χ3v) is 2.20. The minimum absolute atomic E-state index is 0.356. The van der Waals surface area contributed by atoms with E-state index in [2.05, 4.69) is 10.3 Å². The van der Waals surface area contributed by atoms with Crippen LogP contribution in [0, 0.1) is 0 Å². The molecule has 1 heterocycles. The highest BCUT2D eigenvalue weighted by Crippen LogP contribution is 2.21. The molecular weight excluding hydrogens is 204 g/mol. The maximum atomic E-state index is 11.3. The van der Waals surface area contributed by atoms with E-state index in [-0.39, 0.29) is 0 Å². The van der Waals surface area contributed by atoms with Crippen molar-refractivity contribution in [1.29, 1.82) is 0 Å². The third-order valence-electron chi connectivity index (χ3n) is 2.20. The minimum atomic E-state index is -0.446. The van der Waals surface area contributed by atoms with Crippen LogP contribution in [0.5, 0.6) is 0 Å². The van der Waals surface area contributed by atoms with Gasteiger partial charge in [-0.05, 0) is 24.4 Å². The van der Waals surface area contributed by atoms with E-state index in [1.165, 1.54) is 0 Å². The smallest absolute Gasteiger partial charge is 0.411 e. The molecule has 1 aromatic carbocycles. The number of ether oxygens (including phenoxy) is 1. The van der Waals surface area contributed by atoms with Gasteiger partial charge in [-0.25, -0.2) is 4.79 Å². The Morgan fingerprint density at radius 3 is 3.12 bits per heavy atom. The lowest BCUT2D eigenvalue weighted by Crippen LogP contribution is -2.13. The summed E-state index contributed by atoms with van der Waals surface area (Å²) in [6.45, 7) is 2.12. The minimum Gasteiger partial charge on any atom is -0.450 e. The van der Waals surface area contributed by atoms with E-state index in [9.17, 15) is 4.79 Å². The van der Waals surface area contributed by atoms with Crippen molar-refractivity contribution in [2.75, 3.05) is 11.9 Å². The Kier molecular flexibility index (Phi) is 3.00. The first-order valence-corrected chi connectivity index (χ1v) is 5.08. The Morgan fingerprint density at radius 2 is 2.31 bits per heavy atom. The number of pyridine rings is 1. The molecule has 0 saturated carbocycles. The second kappa shape index (κ2) is 4.61. The standard InChI is InChI=1S/C12H12N2O2/c1-2-16-12(15)14-11-5-3-4-9-6-7-13-8-10(9)11/h3-8H,2H2,1H3,(H,14,15). The molecule has 0 aliphatic rings. The van der Waals surface area contributed by atoms with Gasteiger partial charge in [0, 0.05) is 17.8 Å². The van der Waals surface area contributed by atoms with Gasteiger partial charge in [0.1, 0.15) is 0 Å². The van der Waals surface area contributed by atoms with Gasteiger partial charge in [0.2, 0.25) is 0 Å². The van der Waals surface area contributed by atoms with E-state index in [0.717, 1.165) is 10.8 Å². The third kappa shape index (κ3) is 2.11. The first-order valence-electron chi connectivity index (χ1n) is 5.08. The highest BCUT2D eigenvalue weighted by molar-refractivity contribution is 5.99. The predicted molar refractivity (Wildman–Crippen MR) is 62.4 cm³/mol. The number of carbonyl (C=O) groups is 1. The van der Waals surface area contributed by atoms with Gasteiger partial charge < -0.3 is 4.74 Å². The summed E-state index contributed by atoms with van der Waals surface area (Å²) >= 11 is 0. The summed E-state index contributed by atoms with van der Waals surface area (Å²) in [6, 6.07) is 7.56. The van der Waals surface area contributed by atoms with Crippen LogP contribution in [0.4, 0.5) is 10.5 Å². The molecule has 0 spiro atoms. The highest BCUT2D eigenvalue weighted by atomic mass is 16.5. The molecular formula is C12H12N2O2. The average Bonchev–Trinajstić information content (AvgIpc) is 2.30. The van der Waals surface area contributed by atoms with Crippen LogP contribution in [0.25, 0.3) is 10.8 Å². The second-order valence-corrected chi connectivity index (χ2v) is 3.25. The summed E-state index contributed by atoms with van der Waals surface area (Å²) in [4.78, 5) is 15.3. The van der Waals surface area contributed by atoms with Crippen LogP contribution in [0.3, 0.4) is 0 Å². The molecule has 0 unspecified atom stereocenters. The zero-order valence-electron chi connectivity index (χ0n) is 8.93. The van der Waals surface area contributed by atoms with Gasteiger partial charge in [-0.1, -0.05) is 12.1 Å². The lowest BCUT2D eigenvalue weighted by Gasteiger charge is -2.07. The van der Waals surface area contributed by atoms with Crippen LogP contribution in [0.2, 0.25) is 0 Å². The van der Waals surface area contributed by atoms with Crippen LogP contribution in [-0.4, -0.2) is 17.7 Å². The van der Waals surface area contributed by atoms with Crippen molar-refractivity contribution in [3.8, 4) is 0 Å². The van der Waals surface area contributed by atoms with E-state index >= 15 is 0 Å². The summed E-state index contributed by atoms with van der Waals surface area (Å²) in [5, 5.41) is 4.62. The Hall–Kier alpha value is -2.10. The van der Waals surface area contributed by atoms with Crippen molar-refractivity contribution in [2.24, 2.45) is 0 Å². The normalized spacial score (nSPS) is 10.1. The van der Waals surface area contributed by atoms with E-state index in [0.29, 0.717) is 12.3 Å². The second-order valence-electron chi connectivity index (χ2n) is 3.25. The summed E-state index contributed by atoms with van der Waals surface area (Å²) in [5.74, 6) is 0. The lowest BCUT2D eigenvalue weighted by molar-refractivity contribution is 0.168. The number of amides is 1. The maximum Gasteiger partial charge on any atom is 0.411 e. The number of hydrogen-bond donors (Lipinski definition) is 1. The van der Waals surface area contributed by atoms with E-state index in [1.54, 1.807) is 19.3 Å². The number of rotatable bonds is 2. The number of fused-ring (bicyclic) bond motifs is 1. The number of nitrogens with one attached hydrogen (secondary N) is 1. The number of benzene rings is 1. The SMILES string of the molecule is CCOC(=O)Nc1cccc2ccncc12. The predicted octanol–water partition coefficient (Wildman–Crippen LogP) is 2.80. The van der Waals surface area contributed by atoms with Gasteiger partial charge in [-0.3, -0.25) is 10.3 Å². The molecule has 4 heteroatoms. The first-order chi connectivity index (χ1) is 7.81. The Labute approximate surface area is 93.3 Å². The van der Waals surface area contributed by atoms with Gasteiger partial charge >= 0.3 is 6.09 Å². The fraction of sp³-hybridized carbons (Fsp3) is 0.167. The van der Waals surface area contributed by atoms with Crippen molar-refractivity contribution in [3.63, 3.8) is 0 Å². The first kappa shape index (κ1) is 10.4. The molecule has 0 radical (unpaired) electrons. The molecule has 0 fully saturated rings. The zero-order valence-corrected chi connectivity index (χ0v) is 8.93. The summed E-state index contributed by atoms with van der Waals surface area (Å²) in [5.41, 5.74) is 0.712. The van der Waals surface area contributed by atoms with Gasteiger partial charge in [0.05, 0.1) is 12.3 Å². The largest absolute Gasteiger partial charge is 0.450 e. The molecule has 2 rings (SSSR count). The number of hydrogen-bond acceptors (Lipinski definition) is 3. The lowest BCUT2D eigenvalue weighted by atomic mass is 10.1. The Bertz CT molecular complexity index is 506. The number of anilines is 1. The monoisotopic (exact) mass is 216 g/mol. The van der Waals surface area contributed by atoms with Crippen molar-refractivity contribution in [2.45, 2.75) is 6.92 Å². The molecule has 0 aliphatic heterocycles. The number of aromatic nitrogens is 1. The molecule has 0 bridgehead atoms. The number of carbonyl (C=O) groups excluding carboxylic acids is 1. The topological polar surface area (TPSA) is 51.2 Å². The average molecular weight is 216 g/mol. The van der Waals surface area contributed by atoms with Gasteiger partial charge in [-0.2, -0.15) is 0 Å². The molecule has 16 heavy (non-hydrogen) atoms. The van der Waals surface area contributed by atoms with Gasteiger partial charge in [0.15, 0.2) is 0 Å². The molecule has 2 aromatic rings. The van der Waals surface area contributed by atoms with E-state index in [1.807, 2.05) is 24.3 Å². The van der Waals surface area contributed by atoms with Gasteiger partial charge in [-0.15, -0.1) is 0 Å². The number of nitrogens with zero attached hydrogens (tertiary/aromatic N) is 1. The van der Waals surface area contributed by atoms with Crippen LogP contribution < -0.4 is 5.32 Å². The van der Waals surface area contributed by atoms with Crippen molar-refractivity contribution >= 4 is 22.6 Å². The molecule has 1 aromatic heterocycles. The van der Waals surface area contributed by atoms with Crippen LogP contribution in [0.1, 0.15) is 6.92 Å². The Balaban J connectivity index is 2.33. The zero-order chi connectivity index (χ0) is 11.4. The van der Waals surface area contributed by atoms with E-state index < -0.39 is 6.09 Å². The summed E-state index contributed by atoms with van der Waals surface area (Å²) in [7, 11) is 0. The van der Waals surface area contributed by atoms with Crippen molar-refractivity contribution in [3.05, 3.63) is 36.7 Å². The highest BCUT2D eigenvalue weighted by Gasteiger charge is 2.05. The summed E-state index contributed by atoms with van der Waals surface area (Å²) < 4.78 is 4.82. The molecule has 0 aliphatic carbocycles. The van der Waals surface area contributed by atoms with Crippen molar-refractivity contribution in [1.82, 2.24) is 4.98 Å². The fourth-order valence-electron chi connectivity index (χ4n) is 1.50. The van der Waals surface area contributed by atoms with Crippen molar-refractivity contribution < 1.29 is 9.53 Å². The van der Waals surface area contributed by atoms with Gasteiger partial charge in [0.25, 0.3) is 0 Å². The summed E-state index contributed by atoms with van der Waals surface area (Å²) in [6.07, 6.45) is 2.99. The fourth-order valence-corrected chi connectivity index (χ4v) is 1.50.